The van der Waals surface area contributed by atoms with Gasteiger partial charge in [-0.15, -0.1) is 0 Å². The van der Waals surface area contributed by atoms with E-state index in [0.717, 1.165) is 6.54 Å². The van der Waals surface area contributed by atoms with Crippen LogP contribution >= 0.6 is 0 Å². The number of hydrogen-bond acceptors (Lipinski definition) is 3. The minimum absolute atomic E-state index is 0.0134. The number of rotatable bonds is 3. The maximum atomic E-state index is 11.6. The van der Waals surface area contributed by atoms with E-state index in [9.17, 15) is 9.59 Å². The van der Waals surface area contributed by atoms with E-state index in [1.807, 2.05) is 35.2 Å². The fraction of sp³-hybridized carbons (Fsp3) is 0.385. The number of benzene rings is 1. The van der Waals surface area contributed by atoms with Crippen LogP contribution in [0.1, 0.15) is 12.5 Å². The number of likely N-dealkylation sites (tertiary alicyclic amines) is 1. The third kappa shape index (κ3) is 2.36. The Morgan fingerprint density at radius 1 is 1.38 bits per heavy atom. The molecule has 1 saturated heterocycles. The summed E-state index contributed by atoms with van der Waals surface area (Å²) < 4.78 is 0. The van der Waals surface area contributed by atoms with Gasteiger partial charge in [-0.1, -0.05) is 30.3 Å². The zero-order chi connectivity index (χ0) is 11.5. The molecule has 3 heteroatoms. The predicted molar refractivity (Wildman–Crippen MR) is 60.9 cm³/mol. The molecular formula is C13H15NO2. The summed E-state index contributed by atoms with van der Waals surface area (Å²) in [6, 6.07) is 10.00. The van der Waals surface area contributed by atoms with Crippen LogP contribution in [0.3, 0.4) is 0 Å². The molecule has 1 atom stereocenters. The average Bonchev–Trinajstić information content (AvgIpc) is 2.61. The molecule has 0 aliphatic carbocycles. The minimum Gasteiger partial charge on any atom is -0.299 e. The van der Waals surface area contributed by atoms with Gasteiger partial charge in [0, 0.05) is 13.1 Å². The van der Waals surface area contributed by atoms with E-state index in [1.165, 1.54) is 12.5 Å². The second-order valence-corrected chi connectivity index (χ2v) is 4.28. The van der Waals surface area contributed by atoms with E-state index in [2.05, 4.69) is 0 Å². The standard InChI is InChI=1S/C13H15NO2/c1-10(15)12-8-14(9-13(12)16)7-11-5-3-2-4-6-11/h2-6,12H,7-9H2,1H3/t12-/m0/s1. The Bertz CT molecular complexity index is 400. The number of ketones is 2. The Balaban J connectivity index is 1.99. The maximum Gasteiger partial charge on any atom is 0.158 e. The van der Waals surface area contributed by atoms with Crippen molar-refractivity contribution in [2.75, 3.05) is 13.1 Å². The summed E-state index contributed by atoms with van der Waals surface area (Å²) in [7, 11) is 0. The predicted octanol–water partition coefficient (Wildman–Crippen LogP) is 1.28. The van der Waals surface area contributed by atoms with Crippen LogP contribution in [0.15, 0.2) is 30.3 Å². The Kier molecular flexibility index (Phi) is 3.15. The molecule has 0 N–H and O–H groups in total. The van der Waals surface area contributed by atoms with E-state index in [0.29, 0.717) is 13.1 Å². The van der Waals surface area contributed by atoms with Crippen LogP contribution in [0.25, 0.3) is 0 Å². The molecule has 0 bridgehead atoms. The summed E-state index contributed by atoms with van der Waals surface area (Å²) >= 11 is 0. The molecule has 1 fully saturated rings. The first-order valence-electron chi connectivity index (χ1n) is 5.46. The lowest BCUT2D eigenvalue weighted by atomic mass is 10.0. The van der Waals surface area contributed by atoms with Crippen LogP contribution in [0.4, 0.5) is 0 Å². The Hall–Kier alpha value is -1.48. The monoisotopic (exact) mass is 217 g/mol. The minimum atomic E-state index is -0.399. The molecule has 0 spiro atoms. The van der Waals surface area contributed by atoms with Crippen LogP contribution in [0.2, 0.25) is 0 Å². The molecule has 16 heavy (non-hydrogen) atoms. The van der Waals surface area contributed by atoms with E-state index in [-0.39, 0.29) is 11.6 Å². The number of carbonyl (C=O) groups is 2. The highest BCUT2D eigenvalue weighted by atomic mass is 16.2. The van der Waals surface area contributed by atoms with Crippen LogP contribution in [-0.2, 0) is 16.1 Å². The smallest absolute Gasteiger partial charge is 0.158 e. The molecule has 1 heterocycles. The van der Waals surface area contributed by atoms with Crippen molar-refractivity contribution in [1.82, 2.24) is 4.90 Å². The summed E-state index contributed by atoms with van der Waals surface area (Å²) in [5.74, 6) is -0.354. The van der Waals surface area contributed by atoms with Crippen molar-refractivity contribution in [3.63, 3.8) is 0 Å². The summed E-state index contributed by atoms with van der Waals surface area (Å²) in [5, 5.41) is 0. The molecule has 0 saturated carbocycles. The Labute approximate surface area is 95.1 Å². The van der Waals surface area contributed by atoms with Gasteiger partial charge in [0.15, 0.2) is 5.78 Å². The number of Topliss-reactive ketones (excluding diaryl/α,β-unsaturated/α-hetero) is 2. The lowest BCUT2D eigenvalue weighted by molar-refractivity contribution is -0.128. The van der Waals surface area contributed by atoms with E-state index >= 15 is 0 Å². The molecule has 3 nitrogen and oxygen atoms in total. The van der Waals surface area contributed by atoms with Crippen LogP contribution in [-0.4, -0.2) is 29.6 Å². The molecule has 1 aliphatic rings. The Morgan fingerprint density at radius 2 is 2.06 bits per heavy atom. The second kappa shape index (κ2) is 4.58. The summed E-state index contributed by atoms with van der Waals surface area (Å²) in [4.78, 5) is 24.8. The SMILES string of the molecule is CC(=O)[C@@H]1CN(Cc2ccccc2)CC1=O. The van der Waals surface area contributed by atoms with E-state index in [1.54, 1.807) is 0 Å². The molecule has 1 aliphatic heterocycles. The van der Waals surface area contributed by atoms with Gasteiger partial charge in [-0.05, 0) is 12.5 Å². The van der Waals surface area contributed by atoms with Crippen LogP contribution < -0.4 is 0 Å². The van der Waals surface area contributed by atoms with Crippen molar-refractivity contribution < 1.29 is 9.59 Å². The zero-order valence-electron chi connectivity index (χ0n) is 9.35. The fourth-order valence-electron chi connectivity index (χ4n) is 2.07. The van der Waals surface area contributed by atoms with Gasteiger partial charge in [-0.2, -0.15) is 0 Å². The fourth-order valence-corrected chi connectivity index (χ4v) is 2.07. The lowest BCUT2D eigenvalue weighted by Gasteiger charge is -2.13. The largest absolute Gasteiger partial charge is 0.299 e. The molecular weight excluding hydrogens is 202 g/mol. The van der Waals surface area contributed by atoms with Gasteiger partial charge >= 0.3 is 0 Å². The topological polar surface area (TPSA) is 37.4 Å². The van der Waals surface area contributed by atoms with Crippen molar-refractivity contribution >= 4 is 11.6 Å². The first-order valence-corrected chi connectivity index (χ1v) is 5.46. The molecule has 84 valence electrons. The van der Waals surface area contributed by atoms with Crippen molar-refractivity contribution in [1.29, 1.82) is 0 Å². The summed E-state index contributed by atoms with van der Waals surface area (Å²) in [5.41, 5.74) is 1.18. The molecule has 0 aromatic heterocycles. The average molecular weight is 217 g/mol. The number of carbonyl (C=O) groups excluding carboxylic acids is 2. The third-order valence-electron chi connectivity index (χ3n) is 2.95. The van der Waals surface area contributed by atoms with Gasteiger partial charge in [0.05, 0.1) is 12.5 Å². The molecule has 0 amide bonds. The van der Waals surface area contributed by atoms with Gasteiger partial charge in [-0.25, -0.2) is 0 Å². The first-order chi connectivity index (χ1) is 7.66. The highest BCUT2D eigenvalue weighted by molar-refractivity contribution is 6.03. The summed E-state index contributed by atoms with van der Waals surface area (Å²) in [6.07, 6.45) is 0. The van der Waals surface area contributed by atoms with Gasteiger partial charge < -0.3 is 0 Å². The van der Waals surface area contributed by atoms with Gasteiger partial charge in [0.1, 0.15) is 5.78 Å². The quantitative estimate of drug-likeness (QED) is 0.716. The van der Waals surface area contributed by atoms with Crippen molar-refractivity contribution in [3.05, 3.63) is 35.9 Å². The van der Waals surface area contributed by atoms with Gasteiger partial charge in [0.25, 0.3) is 0 Å². The molecule has 0 unspecified atom stereocenters. The summed E-state index contributed by atoms with van der Waals surface area (Å²) in [6.45, 7) is 3.22. The van der Waals surface area contributed by atoms with E-state index < -0.39 is 5.92 Å². The number of nitrogens with zero attached hydrogens (tertiary/aromatic N) is 1. The Morgan fingerprint density at radius 3 is 2.62 bits per heavy atom. The zero-order valence-corrected chi connectivity index (χ0v) is 9.35. The van der Waals surface area contributed by atoms with Gasteiger partial charge in [0.2, 0.25) is 0 Å². The number of hydrogen-bond donors (Lipinski definition) is 0. The molecule has 2 rings (SSSR count). The van der Waals surface area contributed by atoms with Crippen LogP contribution in [0.5, 0.6) is 0 Å². The molecule has 1 aromatic carbocycles. The highest BCUT2D eigenvalue weighted by Gasteiger charge is 2.33. The first kappa shape index (κ1) is 11.0. The van der Waals surface area contributed by atoms with Crippen LogP contribution in [0, 0.1) is 5.92 Å². The highest BCUT2D eigenvalue weighted by Crippen LogP contribution is 2.16. The molecule has 0 radical (unpaired) electrons. The molecule has 1 aromatic rings. The second-order valence-electron chi connectivity index (χ2n) is 4.28. The third-order valence-corrected chi connectivity index (χ3v) is 2.95. The van der Waals surface area contributed by atoms with Crippen molar-refractivity contribution in [2.45, 2.75) is 13.5 Å². The normalized spacial score (nSPS) is 21.3. The van der Waals surface area contributed by atoms with Gasteiger partial charge in [-0.3, -0.25) is 14.5 Å². The maximum absolute atomic E-state index is 11.6. The van der Waals surface area contributed by atoms with Crippen molar-refractivity contribution in [2.24, 2.45) is 5.92 Å². The van der Waals surface area contributed by atoms with Crippen molar-refractivity contribution in [3.8, 4) is 0 Å². The van der Waals surface area contributed by atoms with E-state index in [4.69, 9.17) is 0 Å². The lowest BCUT2D eigenvalue weighted by Crippen LogP contribution is -2.22.